The van der Waals surface area contributed by atoms with Crippen molar-refractivity contribution in [1.82, 2.24) is 0 Å². The van der Waals surface area contributed by atoms with Crippen molar-refractivity contribution < 1.29 is 4.84 Å². The van der Waals surface area contributed by atoms with E-state index in [4.69, 9.17) is 5.90 Å². The van der Waals surface area contributed by atoms with E-state index in [-0.39, 0.29) is 0 Å². The number of hydrogen-bond acceptors (Lipinski definition) is 2. The summed E-state index contributed by atoms with van der Waals surface area (Å²) in [5.74, 6) is 5.25. The van der Waals surface area contributed by atoms with Crippen LogP contribution in [0, 0.1) is 5.92 Å². The van der Waals surface area contributed by atoms with Gasteiger partial charge in [0, 0.05) is 0 Å². The Labute approximate surface area is 68.0 Å². The third-order valence-electron chi connectivity index (χ3n) is 1.16. The van der Waals surface area contributed by atoms with Gasteiger partial charge >= 0.3 is 0 Å². The van der Waals surface area contributed by atoms with Crippen LogP contribution in [0.15, 0.2) is 37.0 Å². The van der Waals surface area contributed by atoms with Crippen molar-refractivity contribution in [3.8, 4) is 0 Å². The minimum Gasteiger partial charge on any atom is -0.304 e. The number of hydrogen-bond donors (Lipinski definition) is 1. The van der Waals surface area contributed by atoms with Crippen molar-refractivity contribution in [3.63, 3.8) is 0 Å². The zero-order chi connectivity index (χ0) is 8.53. The van der Waals surface area contributed by atoms with Crippen molar-refractivity contribution >= 4 is 0 Å². The smallest absolute Gasteiger partial charge is 0.0739 e. The Morgan fingerprint density at radius 1 is 1.45 bits per heavy atom. The molecule has 0 spiro atoms. The summed E-state index contributed by atoms with van der Waals surface area (Å²) in [5, 5.41) is 0. The molecule has 0 saturated carbocycles. The quantitative estimate of drug-likeness (QED) is 0.483. The Morgan fingerprint density at radius 3 is 2.73 bits per heavy atom. The van der Waals surface area contributed by atoms with E-state index in [0.29, 0.717) is 12.5 Å². The van der Waals surface area contributed by atoms with Crippen LogP contribution in [-0.2, 0) is 4.84 Å². The summed E-state index contributed by atoms with van der Waals surface area (Å²) in [4.78, 5) is 4.47. The Balaban J connectivity index is 3.54. The number of nitrogens with two attached hydrogens (primary N) is 1. The molecule has 0 amide bonds. The molecule has 0 aromatic heterocycles. The van der Waals surface area contributed by atoms with E-state index in [9.17, 15) is 0 Å². The molecule has 2 N–H and O–H groups in total. The summed E-state index contributed by atoms with van der Waals surface area (Å²) < 4.78 is 0. The zero-order valence-corrected chi connectivity index (χ0v) is 6.86. The highest BCUT2D eigenvalue weighted by molar-refractivity contribution is 5.09. The van der Waals surface area contributed by atoms with Crippen molar-refractivity contribution in [2.75, 3.05) is 6.61 Å². The summed E-state index contributed by atoms with van der Waals surface area (Å²) in [6, 6.07) is 0. The van der Waals surface area contributed by atoms with Gasteiger partial charge in [0.15, 0.2) is 0 Å². The third kappa shape index (κ3) is 7.03. The Bertz CT molecular complexity index is 150. The van der Waals surface area contributed by atoms with Crippen LogP contribution in [0.2, 0.25) is 0 Å². The van der Waals surface area contributed by atoms with Crippen molar-refractivity contribution in [2.45, 2.75) is 6.92 Å². The summed E-state index contributed by atoms with van der Waals surface area (Å²) >= 11 is 0. The summed E-state index contributed by atoms with van der Waals surface area (Å²) in [5.41, 5.74) is 0. The van der Waals surface area contributed by atoms with E-state index in [1.807, 2.05) is 31.2 Å². The minimum atomic E-state index is 0.356. The lowest BCUT2D eigenvalue weighted by atomic mass is 10.2. The molecule has 0 rings (SSSR count). The fourth-order valence-electron chi connectivity index (χ4n) is 0.604. The van der Waals surface area contributed by atoms with Gasteiger partial charge in [-0.1, -0.05) is 43.9 Å². The standard InChI is InChI=1S/C9H15NO/c1-3-4-5-6-7-9(2)8-11-10/h3-7,9H,1,8,10H2,2H3/b5-4-,7-6-. The first kappa shape index (κ1) is 10.1. The van der Waals surface area contributed by atoms with Crippen LogP contribution < -0.4 is 5.90 Å². The number of allylic oxidation sites excluding steroid dienone is 4. The van der Waals surface area contributed by atoms with Gasteiger partial charge in [-0.05, 0) is 5.92 Å². The van der Waals surface area contributed by atoms with E-state index in [0.717, 1.165) is 0 Å². The van der Waals surface area contributed by atoms with Gasteiger partial charge in [0.2, 0.25) is 0 Å². The second-order valence-electron chi connectivity index (χ2n) is 2.32. The SMILES string of the molecule is C=C/C=C\C=C/C(C)CON. The summed E-state index contributed by atoms with van der Waals surface area (Å²) in [7, 11) is 0. The monoisotopic (exact) mass is 153 g/mol. The first-order valence-corrected chi connectivity index (χ1v) is 3.58. The second-order valence-corrected chi connectivity index (χ2v) is 2.32. The maximum absolute atomic E-state index is 4.89. The van der Waals surface area contributed by atoms with Crippen LogP contribution in [0.3, 0.4) is 0 Å². The van der Waals surface area contributed by atoms with Crippen LogP contribution in [0.4, 0.5) is 0 Å². The third-order valence-corrected chi connectivity index (χ3v) is 1.16. The summed E-state index contributed by atoms with van der Waals surface area (Å²) in [6.07, 6.45) is 9.49. The normalized spacial score (nSPS) is 14.4. The van der Waals surface area contributed by atoms with Gasteiger partial charge < -0.3 is 4.84 Å². The molecule has 1 atom stereocenters. The van der Waals surface area contributed by atoms with Crippen molar-refractivity contribution in [2.24, 2.45) is 11.8 Å². The molecule has 0 fully saturated rings. The van der Waals surface area contributed by atoms with Crippen LogP contribution in [0.25, 0.3) is 0 Å². The molecule has 62 valence electrons. The Morgan fingerprint density at radius 2 is 2.18 bits per heavy atom. The van der Waals surface area contributed by atoms with E-state index < -0.39 is 0 Å². The lowest BCUT2D eigenvalue weighted by Crippen LogP contribution is -2.07. The van der Waals surface area contributed by atoms with Crippen molar-refractivity contribution in [3.05, 3.63) is 37.0 Å². The predicted octanol–water partition coefficient (Wildman–Crippen LogP) is 1.81. The molecule has 0 radical (unpaired) electrons. The zero-order valence-electron chi connectivity index (χ0n) is 6.86. The van der Waals surface area contributed by atoms with Gasteiger partial charge in [-0.3, -0.25) is 0 Å². The first-order chi connectivity index (χ1) is 5.31. The first-order valence-electron chi connectivity index (χ1n) is 3.58. The average molecular weight is 153 g/mol. The maximum atomic E-state index is 4.89. The molecule has 0 aliphatic rings. The molecule has 0 aromatic rings. The lowest BCUT2D eigenvalue weighted by Gasteiger charge is -2.00. The van der Waals surface area contributed by atoms with Gasteiger partial charge in [-0.25, -0.2) is 5.90 Å². The van der Waals surface area contributed by atoms with Crippen LogP contribution in [-0.4, -0.2) is 6.61 Å². The highest BCUT2D eigenvalue weighted by atomic mass is 16.6. The topological polar surface area (TPSA) is 35.2 Å². The van der Waals surface area contributed by atoms with Gasteiger partial charge in [-0.2, -0.15) is 0 Å². The average Bonchev–Trinajstić information content (AvgIpc) is 1.99. The number of rotatable bonds is 5. The van der Waals surface area contributed by atoms with E-state index in [1.54, 1.807) is 6.08 Å². The molecule has 1 unspecified atom stereocenters. The van der Waals surface area contributed by atoms with Gasteiger partial charge in [-0.15, -0.1) is 0 Å². The van der Waals surface area contributed by atoms with Gasteiger partial charge in [0.25, 0.3) is 0 Å². The van der Waals surface area contributed by atoms with E-state index >= 15 is 0 Å². The largest absolute Gasteiger partial charge is 0.304 e. The second kappa shape index (κ2) is 7.25. The minimum absolute atomic E-state index is 0.356. The molecule has 0 bridgehead atoms. The molecular formula is C9H15NO. The molecule has 2 heteroatoms. The molecule has 0 aliphatic carbocycles. The lowest BCUT2D eigenvalue weighted by molar-refractivity contribution is 0.120. The highest BCUT2D eigenvalue weighted by Gasteiger charge is 1.92. The van der Waals surface area contributed by atoms with Crippen molar-refractivity contribution in [1.29, 1.82) is 0 Å². The van der Waals surface area contributed by atoms with Crippen LogP contribution >= 0.6 is 0 Å². The Hall–Kier alpha value is -0.860. The fourth-order valence-corrected chi connectivity index (χ4v) is 0.604. The maximum Gasteiger partial charge on any atom is 0.0739 e. The van der Waals surface area contributed by atoms with Crippen LogP contribution in [0.5, 0.6) is 0 Å². The van der Waals surface area contributed by atoms with Gasteiger partial charge in [0.1, 0.15) is 0 Å². The predicted molar refractivity (Wildman–Crippen MR) is 47.8 cm³/mol. The molecule has 0 aromatic carbocycles. The fraction of sp³-hybridized carbons (Fsp3) is 0.333. The molecule has 0 heterocycles. The molecular weight excluding hydrogens is 138 g/mol. The summed E-state index contributed by atoms with van der Waals surface area (Å²) in [6.45, 7) is 6.14. The Kier molecular flexibility index (Phi) is 6.68. The van der Waals surface area contributed by atoms with Crippen LogP contribution in [0.1, 0.15) is 6.92 Å². The molecule has 11 heavy (non-hydrogen) atoms. The molecule has 2 nitrogen and oxygen atoms in total. The van der Waals surface area contributed by atoms with Gasteiger partial charge in [0.05, 0.1) is 6.61 Å². The highest BCUT2D eigenvalue weighted by Crippen LogP contribution is 1.96. The van der Waals surface area contributed by atoms with E-state index in [1.165, 1.54) is 0 Å². The molecule has 0 saturated heterocycles. The van der Waals surface area contributed by atoms with E-state index in [2.05, 4.69) is 11.4 Å². The molecule has 0 aliphatic heterocycles.